The highest BCUT2D eigenvalue weighted by atomic mass is 16.2. The van der Waals surface area contributed by atoms with E-state index in [2.05, 4.69) is 51.8 Å². The van der Waals surface area contributed by atoms with Crippen molar-refractivity contribution in [2.24, 2.45) is 5.92 Å². The van der Waals surface area contributed by atoms with E-state index in [0.29, 0.717) is 12.3 Å². The summed E-state index contributed by atoms with van der Waals surface area (Å²) in [4.78, 5) is 14.4. The van der Waals surface area contributed by atoms with Gasteiger partial charge >= 0.3 is 0 Å². The normalized spacial score (nSPS) is 23.9. The van der Waals surface area contributed by atoms with E-state index in [-0.39, 0.29) is 17.0 Å². The van der Waals surface area contributed by atoms with Gasteiger partial charge in [-0.1, -0.05) is 13.8 Å². The van der Waals surface area contributed by atoms with Gasteiger partial charge in [0.15, 0.2) is 0 Å². The van der Waals surface area contributed by atoms with Gasteiger partial charge in [-0.3, -0.25) is 4.79 Å². The number of amides is 1. The summed E-state index contributed by atoms with van der Waals surface area (Å²) in [7, 11) is 0. The van der Waals surface area contributed by atoms with Gasteiger partial charge in [0.25, 0.3) is 0 Å². The second kappa shape index (κ2) is 4.97. The number of hydrogen-bond acceptors (Lipinski definition) is 2. The Kier molecular flexibility index (Phi) is 4.23. The average Bonchev–Trinajstić information content (AvgIpc) is 2.20. The van der Waals surface area contributed by atoms with Gasteiger partial charge in [0.1, 0.15) is 0 Å². The van der Waals surface area contributed by atoms with Crippen LogP contribution in [0.15, 0.2) is 0 Å². The van der Waals surface area contributed by atoms with Crippen LogP contribution >= 0.6 is 0 Å². The lowest BCUT2D eigenvalue weighted by Gasteiger charge is -2.37. The molecule has 17 heavy (non-hydrogen) atoms. The number of hydrogen-bond donors (Lipinski definition) is 1. The SMILES string of the molecule is CC(C)CCN1C(=O)CC(C)(C)NCC1(C)C. The number of nitrogens with one attached hydrogen (secondary N) is 1. The Balaban J connectivity index is 2.80. The summed E-state index contributed by atoms with van der Waals surface area (Å²) in [5.41, 5.74) is -0.166. The molecule has 1 N–H and O–H groups in total. The highest BCUT2D eigenvalue weighted by molar-refractivity contribution is 5.78. The van der Waals surface area contributed by atoms with E-state index in [1.165, 1.54) is 0 Å². The smallest absolute Gasteiger partial charge is 0.224 e. The van der Waals surface area contributed by atoms with E-state index in [1.807, 2.05) is 0 Å². The van der Waals surface area contributed by atoms with Gasteiger partial charge in [0.05, 0.1) is 0 Å². The molecule has 1 aliphatic rings. The second-order valence-corrected chi connectivity index (χ2v) is 6.95. The van der Waals surface area contributed by atoms with Crippen LogP contribution in [0.25, 0.3) is 0 Å². The molecule has 1 rings (SSSR count). The van der Waals surface area contributed by atoms with Gasteiger partial charge in [0, 0.05) is 30.6 Å². The molecule has 1 fully saturated rings. The zero-order valence-corrected chi connectivity index (χ0v) is 12.3. The minimum absolute atomic E-state index is 0.0824. The molecule has 3 heteroatoms. The molecule has 0 spiro atoms. The van der Waals surface area contributed by atoms with E-state index in [1.54, 1.807) is 0 Å². The van der Waals surface area contributed by atoms with Crippen molar-refractivity contribution < 1.29 is 4.79 Å². The Labute approximate surface area is 106 Å². The van der Waals surface area contributed by atoms with Crippen LogP contribution in [0.2, 0.25) is 0 Å². The van der Waals surface area contributed by atoms with Gasteiger partial charge in [-0.05, 0) is 40.0 Å². The van der Waals surface area contributed by atoms with Crippen LogP contribution in [0.3, 0.4) is 0 Å². The molecular weight excluding hydrogens is 212 g/mol. The van der Waals surface area contributed by atoms with Crippen molar-refractivity contribution in [2.45, 2.75) is 65.5 Å². The van der Waals surface area contributed by atoms with Crippen LogP contribution in [0.5, 0.6) is 0 Å². The monoisotopic (exact) mass is 240 g/mol. The lowest BCUT2D eigenvalue weighted by atomic mass is 10.0. The van der Waals surface area contributed by atoms with Crippen molar-refractivity contribution in [2.75, 3.05) is 13.1 Å². The standard InChI is InChI=1S/C14H28N2O/c1-11(2)7-8-16-12(17)9-13(3,4)15-10-14(16,5)6/h11,15H,7-10H2,1-6H3. The summed E-state index contributed by atoms with van der Waals surface area (Å²) < 4.78 is 0. The first-order chi connectivity index (χ1) is 7.64. The molecule has 1 heterocycles. The van der Waals surface area contributed by atoms with E-state index >= 15 is 0 Å². The molecule has 0 atom stereocenters. The fourth-order valence-corrected chi connectivity index (χ4v) is 2.24. The Hall–Kier alpha value is -0.570. The van der Waals surface area contributed by atoms with Crippen molar-refractivity contribution in [3.05, 3.63) is 0 Å². The summed E-state index contributed by atoms with van der Waals surface area (Å²) >= 11 is 0. The van der Waals surface area contributed by atoms with E-state index in [0.717, 1.165) is 19.5 Å². The lowest BCUT2D eigenvalue weighted by molar-refractivity contribution is -0.136. The number of nitrogens with zero attached hydrogens (tertiary/aromatic N) is 1. The van der Waals surface area contributed by atoms with Gasteiger partial charge < -0.3 is 10.2 Å². The third-order valence-electron chi connectivity index (χ3n) is 3.55. The highest BCUT2D eigenvalue weighted by Crippen LogP contribution is 2.24. The van der Waals surface area contributed by atoms with Crippen LogP contribution in [0, 0.1) is 5.92 Å². The molecule has 0 aromatic rings. The van der Waals surface area contributed by atoms with Crippen LogP contribution in [-0.4, -0.2) is 35.0 Å². The minimum Gasteiger partial charge on any atom is -0.336 e. The van der Waals surface area contributed by atoms with Crippen molar-refractivity contribution >= 4 is 5.91 Å². The predicted molar refractivity (Wildman–Crippen MR) is 71.9 cm³/mol. The van der Waals surface area contributed by atoms with Crippen molar-refractivity contribution in [1.29, 1.82) is 0 Å². The highest BCUT2D eigenvalue weighted by Gasteiger charge is 2.38. The Morgan fingerprint density at radius 1 is 1.29 bits per heavy atom. The molecule has 1 aliphatic heterocycles. The lowest BCUT2D eigenvalue weighted by Crippen LogP contribution is -2.51. The molecule has 0 saturated carbocycles. The molecule has 0 radical (unpaired) electrons. The van der Waals surface area contributed by atoms with Gasteiger partial charge in [-0.15, -0.1) is 0 Å². The molecular formula is C14H28N2O. The van der Waals surface area contributed by atoms with Crippen molar-refractivity contribution in [3.63, 3.8) is 0 Å². The van der Waals surface area contributed by atoms with Crippen LogP contribution in [-0.2, 0) is 4.79 Å². The van der Waals surface area contributed by atoms with E-state index in [4.69, 9.17) is 0 Å². The molecule has 0 unspecified atom stereocenters. The first kappa shape index (κ1) is 14.5. The third kappa shape index (κ3) is 3.98. The molecule has 100 valence electrons. The maximum absolute atomic E-state index is 12.3. The summed E-state index contributed by atoms with van der Waals surface area (Å²) in [6.07, 6.45) is 1.67. The predicted octanol–water partition coefficient (Wildman–Crippen LogP) is 2.41. The van der Waals surface area contributed by atoms with Crippen LogP contribution < -0.4 is 5.32 Å². The molecule has 3 nitrogen and oxygen atoms in total. The summed E-state index contributed by atoms with van der Waals surface area (Å²) in [5, 5.41) is 3.50. The summed E-state index contributed by atoms with van der Waals surface area (Å²) in [6.45, 7) is 14.7. The molecule has 1 saturated heterocycles. The summed E-state index contributed by atoms with van der Waals surface area (Å²) in [5.74, 6) is 0.925. The Bertz CT molecular complexity index is 282. The minimum atomic E-state index is -0.0836. The average molecular weight is 240 g/mol. The molecule has 0 bridgehead atoms. The second-order valence-electron chi connectivity index (χ2n) is 6.95. The zero-order chi connectivity index (χ0) is 13.3. The van der Waals surface area contributed by atoms with Crippen molar-refractivity contribution in [1.82, 2.24) is 10.2 Å². The molecule has 1 amide bonds. The molecule has 0 aromatic heterocycles. The maximum Gasteiger partial charge on any atom is 0.224 e. The van der Waals surface area contributed by atoms with Crippen molar-refractivity contribution in [3.8, 4) is 0 Å². The fourth-order valence-electron chi connectivity index (χ4n) is 2.24. The first-order valence-electron chi connectivity index (χ1n) is 6.69. The fraction of sp³-hybridized carbons (Fsp3) is 0.929. The Morgan fingerprint density at radius 3 is 2.41 bits per heavy atom. The first-order valence-corrected chi connectivity index (χ1v) is 6.69. The molecule has 0 aliphatic carbocycles. The molecule has 0 aromatic carbocycles. The maximum atomic E-state index is 12.3. The quantitative estimate of drug-likeness (QED) is 0.821. The van der Waals surface area contributed by atoms with Crippen LogP contribution in [0.1, 0.15) is 54.4 Å². The van der Waals surface area contributed by atoms with Gasteiger partial charge in [-0.2, -0.15) is 0 Å². The van der Waals surface area contributed by atoms with E-state index < -0.39 is 0 Å². The van der Waals surface area contributed by atoms with Gasteiger partial charge in [-0.25, -0.2) is 0 Å². The number of rotatable bonds is 3. The topological polar surface area (TPSA) is 32.3 Å². The summed E-state index contributed by atoms with van der Waals surface area (Å²) in [6, 6.07) is 0. The number of carbonyl (C=O) groups excluding carboxylic acids is 1. The Morgan fingerprint density at radius 2 is 1.88 bits per heavy atom. The van der Waals surface area contributed by atoms with Crippen LogP contribution in [0.4, 0.5) is 0 Å². The van der Waals surface area contributed by atoms with Gasteiger partial charge in [0.2, 0.25) is 5.91 Å². The third-order valence-corrected chi connectivity index (χ3v) is 3.55. The largest absolute Gasteiger partial charge is 0.336 e. The number of carbonyl (C=O) groups is 1. The van der Waals surface area contributed by atoms with E-state index in [9.17, 15) is 4.79 Å². The zero-order valence-electron chi connectivity index (χ0n) is 12.3.